The van der Waals surface area contributed by atoms with Crippen molar-refractivity contribution in [3.63, 3.8) is 0 Å². The Bertz CT molecular complexity index is 1760. The first-order chi connectivity index (χ1) is 24.0. The molecule has 5 rings (SSSR count). The smallest absolute Gasteiger partial charge is 0.354 e. The third-order valence-electron chi connectivity index (χ3n) is 9.62. The van der Waals surface area contributed by atoms with E-state index in [0.717, 1.165) is 42.6 Å². The zero-order valence-corrected chi connectivity index (χ0v) is 29.9. The number of aryl methyl sites for hydroxylation is 1. The fourth-order valence-electron chi connectivity index (χ4n) is 6.35. The molecule has 4 unspecified atom stereocenters. The van der Waals surface area contributed by atoms with Gasteiger partial charge in [0.05, 0.1) is 11.6 Å². The number of ether oxygens (including phenoxy) is 1. The number of oxime groups is 1. The number of nitrogens with zero attached hydrogens (tertiary/aromatic N) is 4. The Hall–Kier alpha value is -4.21. The highest BCUT2D eigenvalue weighted by Crippen LogP contribution is 2.36. The quantitative estimate of drug-likeness (QED) is 0.0485. The number of aliphatic hydroxyl groups excluding tert-OH is 1. The predicted molar refractivity (Wildman–Crippen MR) is 186 cm³/mol. The average Bonchev–Trinajstić information content (AvgIpc) is 3.51. The van der Waals surface area contributed by atoms with Crippen molar-refractivity contribution in [3.8, 4) is 5.75 Å². The van der Waals surface area contributed by atoms with Crippen LogP contribution < -0.4 is 27.3 Å². The number of carbonyl (C=O) groups excluding carboxylic acids is 2. The van der Waals surface area contributed by atoms with Gasteiger partial charge >= 0.3 is 17.3 Å². The Kier molecular flexibility index (Phi) is 11.0. The maximum atomic E-state index is 13.5. The summed E-state index contributed by atoms with van der Waals surface area (Å²) in [6, 6.07) is 4.09. The van der Waals surface area contributed by atoms with E-state index < -0.39 is 58.1 Å². The van der Waals surface area contributed by atoms with Crippen molar-refractivity contribution in [1.82, 2.24) is 15.4 Å². The Morgan fingerprint density at radius 2 is 1.98 bits per heavy atom. The van der Waals surface area contributed by atoms with Gasteiger partial charge in [0.2, 0.25) is 0 Å². The Morgan fingerprint density at radius 1 is 1.27 bits per heavy atom. The molecule has 20 heteroatoms. The van der Waals surface area contributed by atoms with Gasteiger partial charge in [-0.25, -0.2) is 9.78 Å². The highest BCUT2D eigenvalue weighted by Gasteiger charge is 2.57. The lowest BCUT2D eigenvalue weighted by atomic mass is 9.78. The SMILES string of the molecule is CC(O/N=C(\C(=O)NC1C(=O)N(OS(=O)O)C1(C)C)c1csc(N)n1)(C(=O)O)C1CCc2cc(C(N)=NC3CCC(N)(CCO)CC3)ccc2O1. The standard InChI is InChI=1S/C31H42N8O10S2/c1-29(2)23(26(42)39(29)49-51(45)46)37-25(41)22(19-15-50-28(33)36-19)38-48-30(3,27(43)44)21-7-5-16-14-17(4-6-20(16)47-21)24(32)35-18-8-10-31(34,11-9-18)12-13-40/h4,6,14-15,18,21,23,40H,5,7-13,34H2,1-3H3,(H2,32,35)(H2,33,36)(H,37,41)(H,43,44)(H,45,46)/b38-22-. The molecule has 2 aromatic rings. The Labute approximate surface area is 299 Å². The molecule has 18 nitrogen and oxygen atoms in total. The molecule has 10 N–H and O–H groups in total. The summed E-state index contributed by atoms with van der Waals surface area (Å²) >= 11 is -1.79. The lowest BCUT2D eigenvalue weighted by Crippen LogP contribution is -2.76. The van der Waals surface area contributed by atoms with E-state index in [1.54, 1.807) is 12.1 Å². The largest absolute Gasteiger partial charge is 0.485 e. The van der Waals surface area contributed by atoms with Gasteiger partial charge in [0.25, 0.3) is 17.4 Å². The second-order valence-corrected chi connectivity index (χ2v) is 15.0. The van der Waals surface area contributed by atoms with E-state index in [4.69, 9.17) is 36.3 Å². The molecule has 1 aliphatic carbocycles. The van der Waals surface area contributed by atoms with Crippen LogP contribution in [0.1, 0.15) is 76.1 Å². The van der Waals surface area contributed by atoms with Crippen molar-refractivity contribution in [1.29, 1.82) is 0 Å². The molecule has 1 saturated carbocycles. The van der Waals surface area contributed by atoms with Crippen LogP contribution in [0.3, 0.4) is 0 Å². The van der Waals surface area contributed by atoms with E-state index in [1.807, 2.05) is 6.07 Å². The number of thiazole rings is 1. The maximum absolute atomic E-state index is 13.5. The van der Waals surface area contributed by atoms with Gasteiger partial charge in [-0.05, 0) is 89.5 Å². The van der Waals surface area contributed by atoms with Crippen LogP contribution in [0.5, 0.6) is 5.75 Å². The third-order valence-corrected chi connectivity index (χ3v) is 10.6. The highest BCUT2D eigenvalue weighted by atomic mass is 32.2. The minimum Gasteiger partial charge on any atom is -0.485 e. The van der Waals surface area contributed by atoms with E-state index in [1.165, 1.54) is 26.2 Å². The molecule has 1 saturated heterocycles. The maximum Gasteiger partial charge on any atom is 0.354 e. The molecule has 2 amide bonds. The number of hydroxylamine groups is 2. The van der Waals surface area contributed by atoms with Gasteiger partial charge in [-0.15, -0.1) is 15.6 Å². The van der Waals surface area contributed by atoms with Crippen LogP contribution in [-0.4, -0.2) is 99.8 Å². The summed E-state index contributed by atoms with van der Waals surface area (Å²) in [5.41, 5.74) is 15.8. The zero-order chi connectivity index (χ0) is 37.3. The van der Waals surface area contributed by atoms with Crippen LogP contribution in [0.15, 0.2) is 33.7 Å². The topological polar surface area (TPSA) is 288 Å². The number of nitrogens with one attached hydrogen (secondary N) is 1. The number of amides is 2. The Morgan fingerprint density at radius 3 is 2.57 bits per heavy atom. The highest BCUT2D eigenvalue weighted by molar-refractivity contribution is 7.74. The first kappa shape index (κ1) is 38.0. The minimum atomic E-state index is -2.78. The number of fused-ring (bicyclic) bond motifs is 1. The summed E-state index contributed by atoms with van der Waals surface area (Å²) < 4.78 is 30.9. The first-order valence-corrected chi connectivity index (χ1v) is 18.1. The summed E-state index contributed by atoms with van der Waals surface area (Å²) in [4.78, 5) is 53.2. The molecule has 0 radical (unpaired) electrons. The van der Waals surface area contributed by atoms with Gasteiger partial charge in [0.15, 0.2) is 16.9 Å². The van der Waals surface area contributed by atoms with Gasteiger partial charge in [-0.3, -0.25) is 19.1 Å². The number of aromatic nitrogens is 1. The molecule has 0 spiro atoms. The number of nitrogen functional groups attached to an aromatic ring is 1. The molecular formula is C31H42N8O10S2. The van der Waals surface area contributed by atoms with E-state index in [0.29, 0.717) is 35.1 Å². The molecule has 51 heavy (non-hydrogen) atoms. The van der Waals surface area contributed by atoms with Gasteiger partial charge < -0.3 is 42.3 Å². The van der Waals surface area contributed by atoms with Crippen LogP contribution in [0, 0.1) is 0 Å². The zero-order valence-electron chi connectivity index (χ0n) is 28.2. The van der Waals surface area contributed by atoms with Gasteiger partial charge in [0.1, 0.15) is 23.3 Å². The van der Waals surface area contributed by atoms with Crippen LogP contribution in [0.25, 0.3) is 0 Å². The van der Waals surface area contributed by atoms with Crippen LogP contribution in [0.2, 0.25) is 0 Å². The summed E-state index contributed by atoms with van der Waals surface area (Å²) in [6.07, 6.45) is 3.13. The van der Waals surface area contributed by atoms with E-state index in [9.17, 15) is 28.8 Å². The van der Waals surface area contributed by atoms with Gasteiger partial charge in [-0.2, -0.15) is 9.27 Å². The second-order valence-electron chi connectivity index (χ2n) is 13.5. The molecule has 3 heterocycles. The molecular weight excluding hydrogens is 709 g/mol. The van der Waals surface area contributed by atoms with E-state index >= 15 is 0 Å². The lowest BCUT2D eigenvalue weighted by molar-refractivity contribution is -0.216. The normalized spacial score (nSPS) is 26.6. The van der Waals surface area contributed by atoms with Crippen LogP contribution in [-0.2, 0) is 41.3 Å². The van der Waals surface area contributed by atoms with E-state index in [2.05, 4.69) is 19.7 Å². The monoisotopic (exact) mass is 750 g/mol. The number of anilines is 1. The number of β-lactam (4-membered cyclic amide) rings is 1. The number of aliphatic hydroxyl groups is 1. The van der Waals surface area contributed by atoms with Gasteiger partial charge in [-0.1, -0.05) is 5.16 Å². The molecule has 2 aliphatic heterocycles. The number of benzene rings is 1. The fraction of sp³-hybridized carbons (Fsp3) is 0.548. The summed E-state index contributed by atoms with van der Waals surface area (Å²) in [7, 11) is 0. The summed E-state index contributed by atoms with van der Waals surface area (Å²) in [5, 5.41) is 28.2. The summed E-state index contributed by atoms with van der Waals surface area (Å²) in [5.74, 6) is -2.39. The number of aliphatic imine (C=N–C) groups is 1. The molecule has 1 aromatic heterocycles. The van der Waals surface area contributed by atoms with Crippen molar-refractivity contribution < 1.29 is 47.2 Å². The van der Waals surface area contributed by atoms with Gasteiger partial charge in [0, 0.05) is 23.1 Å². The molecule has 3 aliphatic rings. The number of rotatable bonds is 13. The second kappa shape index (κ2) is 14.8. The Balaban J connectivity index is 1.31. The number of carboxylic acid groups (broad SMARTS) is 1. The predicted octanol–water partition coefficient (Wildman–Crippen LogP) is 0.585. The number of amidine groups is 1. The van der Waals surface area contributed by atoms with Crippen LogP contribution in [0.4, 0.5) is 5.13 Å². The summed E-state index contributed by atoms with van der Waals surface area (Å²) in [6.45, 7) is 4.30. The molecule has 278 valence electrons. The minimum absolute atomic E-state index is 0.0150. The number of carboxylic acids is 1. The van der Waals surface area contributed by atoms with Crippen molar-refractivity contribution in [2.75, 3.05) is 12.3 Å². The fourth-order valence-corrected chi connectivity index (χ4v) is 7.29. The first-order valence-electron chi connectivity index (χ1n) is 16.2. The number of aliphatic carboxylic acids is 1. The number of carbonyl (C=O) groups is 3. The van der Waals surface area contributed by atoms with Crippen molar-refractivity contribution in [2.45, 2.75) is 101 Å². The number of hydrogen-bond donors (Lipinski definition) is 7. The molecule has 4 atom stereocenters. The van der Waals surface area contributed by atoms with E-state index in [-0.39, 0.29) is 35.4 Å². The number of hydrogen-bond acceptors (Lipinski definition) is 14. The van der Waals surface area contributed by atoms with Crippen molar-refractivity contribution >= 4 is 57.2 Å². The van der Waals surface area contributed by atoms with Crippen molar-refractivity contribution in [2.24, 2.45) is 21.6 Å². The molecule has 2 fully saturated rings. The molecule has 0 bridgehead atoms. The average molecular weight is 751 g/mol. The molecule has 1 aromatic carbocycles. The van der Waals surface area contributed by atoms with Crippen molar-refractivity contribution in [3.05, 3.63) is 40.4 Å². The van der Waals surface area contributed by atoms with Crippen LogP contribution >= 0.6 is 11.3 Å². The number of nitrogens with two attached hydrogens (primary N) is 3. The lowest BCUT2D eigenvalue weighted by Gasteiger charge is -2.50. The third kappa shape index (κ3) is 8.00.